The van der Waals surface area contributed by atoms with Crippen molar-refractivity contribution < 1.29 is 33.8 Å². The van der Waals surface area contributed by atoms with Gasteiger partial charge >= 0.3 is 17.9 Å². The molecule has 0 aliphatic heterocycles. The normalized spacial score (nSPS) is 14.7. The number of carbonyl (C=O) groups is 4. The number of carboxylic acids is 1. The number of halogens is 4. The molecule has 0 radical (unpaired) electrons. The van der Waals surface area contributed by atoms with Crippen molar-refractivity contribution in [1.82, 2.24) is 0 Å². The van der Waals surface area contributed by atoms with Crippen molar-refractivity contribution in [2.24, 2.45) is 16.1 Å². The lowest BCUT2D eigenvalue weighted by Crippen LogP contribution is -2.21. The molecule has 3 rings (SSSR count). The molecule has 0 heterocycles. The van der Waals surface area contributed by atoms with E-state index in [0.717, 1.165) is 10.9 Å². The fourth-order valence-corrected chi connectivity index (χ4v) is 4.40. The lowest BCUT2D eigenvalue weighted by molar-refractivity contribution is -0.150. The minimum absolute atomic E-state index is 0.0354. The molecule has 1 aliphatic rings. The summed E-state index contributed by atoms with van der Waals surface area (Å²) < 4.78 is 11.0. The van der Waals surface area contributed by atoms with Crippen molar-refractivity contribution in [3.05, 3.63) is 55.4 Å². The summed E-state index contributed by atoms with van der Waals surface area (Å²) in [7, 11) is 0. The predicted molar refractivity (Wildman–Crippen MR) is 168 cm³/mol. The monoisotopic (exact) mass is 751 g/mol. The fraction of sp³-hybridized carbons (Fsp3) is 0.429. The molecular formula is C28H33Br2Cl2N3O7. The number of rotatable bonds is 10. The van der Waals surface area contributed by atoms with Gasteiger partial charge in [-0.15, -0.1) is 0 Å². The molecular weight excluding hydrogens is 721 g/mol. The van der Waals surface area contributed by atoms with Crippen molar-refractivity contribution in [3.63, 3.8) is 0 Å². The topological polar surface area (TPSA) is 158 Å². The van der Waals surface area contributed by atoms with Gasteiger partial charge in [-0.1, -0.05) is 35.3 Å². The summed E-state index contributed by atoms with van der Waals surface area (Å²) in [5, 5.41) is 17.8. The summed E-state index contributed by atoms with van der Waals surface area (Å²) >= 11 is 18.2. The van der Waals surface area contributed by atoms with Crippen LogP contribution in [0.4, 0.5) is 11.4 Å². The number of azo groups is 1. The Labute approximate surface area is 271 Å². The van der Waals surface area contributed by atoms with E-state index in [1.54, 1.807) is 44.2 Å². The molecule has 230 valence electrons. The highest BCUT2D eigenvalue weighted by Crippen LogP contribution is 2.32. The van der Waals surface area contributed by atoms with Crippen LogP contribution in [0.3, 0.4) is 0 Å². The van der Waals surface area contributed by atoms with E-state index >= 15 is 0 Å². The maximum absolute atomic E-state index is 11.8. The zero-order chi connectivity index (χ0) is 31.7. The summed E-state index contributed by atoms with van der Waals surface area (Å²) in [5.74, 6) is -2.18. The highest BCUT2D eigenvalue weighted by molar-refractivity contribution is 9.11. The molecule has 42 heavy (non-hydrogen) atoms. The molecule has 0 spiro atoms. The number of anilines is 1. The first-order chi connectivity index (χ1) is 19.9. The number of nitrogens with zero attached hydrogens (tertiary/aromatic N) is 2. The van der Waals surface area contributed by atoms with Crippen LogP contribution in [0.5, 0.6) is 0 Å². The first-order valence-electron chi connectivity index (χ1n) is 13.0. The smallest absolute Gasteiger partial charge is 0.332 e. The van der Waals surface area contributed by atoms with Gasteiger partial charge < -0.3 is 20.3 Å². The van der Waals surface area contributed by atoms with E-state index in [0.29, 0.717) is 51.8 Å². The molecule has 0 aromatic heterocycles. The molecule has 14 heteroatoms. The Balaban J connectivity index is 0.000000363. The van der Waals surface area contributed by atoms with Crippen LogP contribution in [0.15, 0.2) is 55.6 Å². The van der Waals surface area contributed by atoms with E-state index in [9.17, 15) is 19.2 Å². The molecule has 1 fully saturated rings. The average molecular weight is 754 g/mol. The number of carbonyl (C=O) groups excluding carboxylic acids is 3. The Morgan fingerprint density at radius 3 is 2.19 bits per heavy atom. The van der Waals surface area contributed by atoms with Gasteiger partial charge in [0, 0.05) is 18.5 Å². The maximum Gasteiger partial charge on any atom is 0.332 e. The van der Waals surface area contributed by atoms with E-state index < -0.39 is 23.9 Å². The Kier molecular flexibility index (Phi) is 18.2. The summed E-state index contributed by atoms with van der Waals surface area (Å²) in [5.41, 5.74) is 6.64. The van der Waals surface area contributed by atoms with Gasteiger partial charge in [0.1, 0.15) is 17.4 Å². The Morgan fingerprint density at radius 2 is 1.67 bits per heavy atom. The number of aliphatic carboxylic acids is 1. The molecule has 0 amide bonds. The molecule has 2 aromatic rings. The van der Waals surface area contributed by atoms with Crippen molar-refractivity contribution in [2.75, 3.05) is 18.9 Å². The number of nitrogen functional groups attached to an aromatic ring is 1. The number of esters is 2. The first-order valence-corrected chi connectivity index (χ1v) is 15.4. The van der Waals surface area contributed by atoms with Crippen LogP contribution in [0.25, 0.3) is 0 Å². The van der Waals surface area contributed by atoms with E-state index in [-0.39, 0.29) is 31.2 Å². The molecule has 0 bridgehead atoms. The van der Waals surface area contributed by atoms with Gasteiger partial charge in [-0.3, -0.25) is 14.4 Å². The zero-order valence-electron chi connectivity index (χ0n) is 23.2. The Morgan fingerprint density at radius 1 is 1.05 bits per heavy atom. The lowest BCUT2D eigenvalue weighted by atomic mass is 10.1. The second-order valence-corrected chi connectivity index (χ2v) is 11.0. The summed E-state index contributed by atoms with van der Waals surface area (Å²) in [6.45, 7) is 4.03. The average Bonchev–Trinajstić information content (AvgIpc) is 3.38. The van der Waals surface area contributed by atoms with Crippen LogP contribution in [0, 0.1) is 5.92 Å². The summed E-state index contributed by atoms with van der Waals surface area (Å²) in [4.78, 5) is 44.4. The minimum Gasteiger partial charge on any atom is -0.481 e. The zero-order valence-corrected chi connectivity index (χ0v) is 27.8. The van der Waals surface area contributed by atoms with E-state index in [1.165, 1.54) is 0 Å². The van der Waals surface area contributed by atoms with Crippen LogP contribution >= 0.6 is 55.1 Å². The Bertz CT molecular complexity index is 1230. The number of hydrogen-bond acceptors (Lipinski definition) is 9. The number of hydrogen-bond donors (Lipinski definition) is 2. The molecule has 2 aromatic carbocycles. The van der Waals surface area contributed by atoms with Crippen LogP contribution in [-0.2, 0) is 28.7 Å². The summed E-state index contributed by atoms with van der Waals surface area (Å²) in [6, 6.07) is 9.65. The number of ether oxygens (including phenoxy) is 2. The molecule has 0 saturated heterocycles. The molecule has 2 unspecified atom stereocenters. The molecule has 1 aliphatic carbocycles. The number of benzene rings is 2. The van der Waals surface area contributed by atoms with Gasteiger partial charge in [-0.25, -0.2) is 4.79 Å². The van der Waals surface area contributed by atoms with Gasteiger partial charge in [0.2, 0.25) is 0 Å². The second-order valence-electron chi connectivity index (χ2n) is 8.65. The highest BCUT2D eigenvalue weighted by Gasteiger charge is 2.31. The molecule has 3 N–H and O–H groups in total. The van der Waals surface area contributed by atoms with Gasteiger partial charge in [0.15, 0.2) is 6.04 Å². The highest BCUT2D eigenvalue weighted by atomic mass is 79.9. The molecule has 2 atom stereocenters. The second kappa shape index (κ2) is 20.4. The first kappa shape index (κ1) is 37.5. The van der Waals surface area contributed by atoms with E-state index in [2.05, 4.69) is 42.1 Å². The van der Waals surface area contributed by atoms with Crippen molar-refractivity contribution >= 4 is 90.1 Å². The maximum atomic E-state index is 11.8. The largest absolute Gasteiger partial charge is 0.481 e. The molecule has 10 nitrogen and oxygen atoms in total. The Hall–Kier alpha value is -2.54. The van der Waals surface area contributed by atoms with Crippen LogP contribution in [-0.4, -0.2) is 48.1 Å². The quantitative estimate of drug-likeness (QED) is 0.107. The van der Waals surface area contributed by atoms with Crippen molar-refractivity contribution in [1.29, 1.82) is 0 Å². The standard InChI is InChI=1S/C14H16BrClN2O4.C8H12O3.C6H5BrClN/c1-2-22-14(21)11(7-4-8-12(19)20)18-17-10-6-3-5-9(16)13(10)15;1-2-11-8(10)6-4-3-5-7(6)9;7-6-4(8)2-1-3-5(6)9/h3,5-6,11H,2,4,7-8H2,1H3,(H,19,20);6H,2-5H2,1H3;1-3H,9H2. The summed E-state index contributed by atoms with van der Waals surface area (Å²) in [6.07, 6.45) is 2.59. The fourth-order valence-electron chi connectivity index (χ4n) is 3.44. The minimum atomic E-state index is -0.919. The predicted octanol–water partition coefficient (Wildman–Crippen LogP) is 7.98. The number of carboxylic acid groups (broad SMARTS) is 1. The third kappa shape index (κ3) is 13.6. The number of nitrogens with two attached hydrogens (primary N) is 1. The number of Topliss-reactive ketones (excluding diaryl/α,β-unsaturated/α-hetero) is 1. The third-order valence-electron chi connectivity index (χ3n) is 5.52. The van der Waals surface area contributed by atoms with E-state index in [1.807, 2.05) is 6.07 Å². The lowest BCUT2D eigenvalue weighted by Gasteiger charge is -2.09. The van der Waals surface area contributed by atoms with E-state index in [4.69, 9.17) is 43.5 Å². The van der Waals surface area contributed by atoms with Gasteiger partial charge in [0.05, 0.1) is 32.2 Å². The van der Waals surface area contributed by atoms with Crippen molar-refractivity contribution in [3.8, 4) is 0 Å². The van der Waals surface area contributed by atoms with Crippen LogP contribution in [0.2, 0.25) is 10.0 Å². The van der Waals surface area contributed by atoms with Gasteiger partial charge in [-0.05, 0) is 95.7 Å². The number of ketones is 1. The van der Waals surface area contributed by atoms with Crippen LogP contribution in [0.1, 0.15) is 52.4 Å². The van der Waals surface area contributed by atoms with Gasteiger partial charge in [0.25, 0.3) is 0 Å². The van der Waals surface area contributed by atoms with Gasteiger partial charge in [-0.2, -0.15) is 10.2 Å². The van der Waals surface area contributed by atoms with Crippen LogP contribution < -0.4 is 5.73 Å². The SMILES string of the molecule is CCOC(=O)C(CCCC(=O)O)N=Nc1cccc(Cl)c1Br.CCOC(=O)C1CCCC1=O.Nc1cccc(Cl)c1Br. The van der Waals surface area contributed by atoms with Crippen molar-refractivity contribution in [2.45, 2.75) is 58.4 Å². The molecule has 1 saturated carbocycles. The third-order valence-corrected chi connectivity index (χ3v) is 8.33.